The van der Waals surface area contributed by atoms with Crippen LogP contribution in [0.3, 0.4) is 0 Å². The van der Waals surface area contributed by atoms with E-state index in [0.717, 1.165) is 61.5 Å². The molecule has 0 bridgehead atoms. The Morgan fingerprint density at radius 3 is 1.32 bits per heavy atom. The van der Waals surface area contributed by atoms with Gasteiger partial charge in [0.05, 0.1) is 25.4 Å². The molecule has 2 aromatic carbocycles. The van der Waals surface area contributed by atoms with Crippen molar-refractivity contribution in [2.75, 3.05) is 39.6 Å². The molecule has 3 rings (SSSR count). The molecule has 2 unspecified atom stereocenters. The van der Waals surface area contributed by atoms with Gasteiger partial charge in [-0.3, -0.25) is 0 Å². The van der Waals surface area contributed by atoms with Crippen molar-refractivity contribution in [3.8, 4) is 23.0 Å². The molecular weight excluding hydrogens is 432 g/mol. The Morgan fingerprint density at radius 1 is 0.559 bits per heavy atom. The Bertz CT molecular complexity index is 743. The van der Waals surface area contributed by atoms with Gasteiger partial charge in [-0.05, 0) is 37.1 Å². The molecule has 0 saturated carbocycles. The normalized spacial score (nSPS) is 20.2. The van der Waals surface area contributed by atoms with E-state index in [1.807, 2.05) is 48.5 Å². The summed E-state index contributed by atoms with van der Waals surface area (Å²) in [6.45, 7) is 7.14. The lowest BCUT2D eigenvalue weighted by Crippen LogP contribution is -2.26. The molecule has 1 aliphatic heterocycles. The molecule has 0 spiro atoms. The van der Waals surface area contributed by atoms with Crippen LogP contribution in [0.5, 0.6) is 23.0 Å². The van der Waals surface area contributed by atoms with E-state index in [-0.39, 0.29) is 12.2 Å². The van der Waals surface area contributed by atoms with Crippen LogP contribution < -0.4 is 18.9 Å². The third-order valence-electron chi connectivity index (χ3n) is 5.70. The SMILES string of the molecule is CCCCC1COc2ccccc2OCCOC(CCCC)COc2ccccc2OCCO1. The Labute approximate surface area is 204 Å². The minimum absolute atomic E-state index is 0.00959. The first kappa shape index (κ1) is 26.2. The van der Waals surface area contributed by atoms with Crippen LogP contribution in [0.1, 0.15) is 52.4 Å². The van der Waals surface area contributed by atoms with Crippen molar-refractivity contribution in [2.24, 2.45) is 0 Å². The lowest BCUT2D eigenvalue weighted by molar-refractivity contribution is -0.00736. The van der Waals surface area contributed by atoms with E-state index in [4.69, 9.17) is 28.4 Å². The lowest BCUT2D eigenvalue weighted by Gasteiger charge is -2.22. The summed E-state index contributed by atoms with van der Waals surface area (Å²) in [6.07, 6.45) is 6.24. The molecule has 0 saturated heterocycles. The number of ether oxygens (including phenoxy) is 6. The average Bonchev–Trinajstić information content (AvgIpc) is 2.87. The van der Waals surface area contributed by atoms with Gasteiger partial charge in [0, 0.05) is 0 Å². The highest BCUT2D eigenvalue weighted by Crippen LogP contribution is 2.28. The van der Waals surface area contributed by atoms with E-state index < -0.39 is 0 Å². The van der Waals surface area contributed by atoms with Crippen LogP contribution in [0.15, 0.2) is 48.5 Å². The van der Waals surface area contributed by atoms with E-state index in [0.29, 0.717) is 39.6 Å². The number of para-hydroxylation sites is 4. The molecule has 6 heteroatoms. The Hall–Kier alpha value is -2.44. The maximum atomic E-state index is 6.13. The van der Waals surface area contributed by atoms with Crippen molar-refractivity contribution >= 4 is 0 Å². The van der Waals surface area contributed by atoms with Crippen LogP contribution in [0.2, 0.25) is 0 Å². The molecule has 0 aliphatic carbocycles. The highest BCUT2D eigenvalue weighted by Gasteiger charge is 2.15. The maximum absolute atomic E-state index is 6.13. The molecule has 2 aromatic rings. The molecule has 0 amide bonds. The van der Waals surface area contributed by atoms with Gasteiger partial charge >= 0.3 is 0 Å². The van der Waals surface area contributed by atoms with Crippen molar-refractivity contribution < 1.29 is 28.4 Å². The zero-order valence-corrected chi connectivity index (χ0v) is 20.7. The second-order valence-corrected chi connectivity index (χ2v) is 8.48. The maximum Gasteiger partial charge on any atom is 0.161 e. The van der Waals surface area contributed by atoms with Gasteiger partial charge in [-0.1, -0.05) is 63.8 Å². The van der Waals surface area contributed by atoms with Gasteiger partial charge in [0.2, 0.25) is 0 Å². The fourth-order valence-corrected chi connectivity index (χ4v) is 3.77. The summed E-state index contributed by atoms with van der Waals surface area (Å²) in [5.41, 5.74) is 0. The highest BCUT2D eigenvalue weighted by molar-refractivity contribution is 5.40. The summed E-state index contributed by atoms with van der Waals surface area (Å²) in [5, 5.41) is 0. The lowest BCUT2D eigenvalue weighted by atomic mass is 10.2. The van der Waals surface area contributed by atoms with Crippen molar-refractivity contribution in [2.45, 2.75) is 64.6 Å². The second kappa shape index (κ2) is 15.5. The quantitative estimate of drug-likeness (QED) is 0.509. The average molecular weight is 473 g/mol. The van der Waals surface area contributed by atoms with E-state index in [2.05, 4.69) is 13.8 Å². The monoisotopic (exact) mass is 472 g/mol. The summed E-state index contributed by atoms with van der Waals surface area (Å²) < 4.78 is 36.5. The summed E-state index contributed by atoms with van der Waals surface area (Å²) in [6, 6.07) is 15.5. The molecule has 6 nitrogen and oxygen atoms in total. The summed E-state index contributed by atoms with van der Waals surface area (Å²) in [5.74, 6) is 2.90. The molecule has 0 fully saturated rings. The Morgan fingerprint density at radius 2 is 0.941 bits per heavy atom. The fourth-order valence-electron chi connectivity index (χ4n) is 3.77. The molecule has 0 aromatic heterocycles. The van der Waals surface area contributed by atoms with Crippen molar-refractivity contribution in [1.29, 1.82) is 0 Å². The van der Waals surface area contributed by atoms with Gasteiger partial charge in [0.15, 0.2) is 23.0 Å². The number of hydrogen-bond acceptors (Lipinski definition) is 6. The van der Waals surface area contributed by atoms with Gasteiger partial charge in [-0.2, -0.15) is 0 Å². The minimum Gasteiger partial charge on any atom is -0.487 e. The number of hydrogen-bond donors (Lipinski definition) is 0. The number of fused-ring (bicyclic) bond motifs is 2. The van der Waals surface area contributed by atoms with Crippen LogP contribution in [0.25, 0.3) is 0 Å². The van der Waals surface area contributed by atoms with Gasteiger partial charge in [0.25, 0.3) is 0 Å². The number of unbranched alkanes of at least 4 members (excludes halogenated alkanes) is 2. The molecule has 1 aliphatic rings. The van der Waals surface area contributed by atoms with Crippen molar-refractivity contribution in [3.63, 3.8) is 0 Å². The summed E-state index contributed by atoms with van der Waals surface area (Å²) in [7, 11) is 0. The van der Waals surface area contributed by atoms with E-state index in [1.165, 1.54) is 0 Å². The third kappa shape index (κ3) is 9.07. The minimum atomic E-state index is -0.00959. The number of rotatable bonds is 6. The fraction of sp³-hybridized carbons (Fsp3) is 0.571. The second-order valence-electron chi connectivity index (χ2n) is 8.48. The van der Waals surface area contributed by atoms with Crippen molar-refractivity contribution in [1.82, 2.24) is 0 Å². The van der Waals surface area contributed by atoms with Gasteiger partial charge in [-0.25, -0.2) is 0 Å². The summed E-state index contributed by atoms with van der Waals surface area (Å²) in [4.78, 5) is 0. The van der Waals surface area contributed by atoms with Crippen LogP contribution in [0, 0.1) is 0 Å². The molecule has 2 atom stereocenters. The molecular formula is C28H40O6. The Balaban J connectivity index is 1.70. The van der Waals surface area contributed by atoms with Crippen LogP contribution >= 0.6 is 0 Å². The smallest absolute Gasteiger partial charge is 0.161 e. The van der Waals surface area contributed by atoms with Gasteiger partial charge in [-0.15, -0.1) is 0 Å². The predicted octanol–water partition coefficient (Wildman–Crippen LogP) is 6.07. The number of benzene rings is 2. The topological polar surface area (TPSA) is 55.4 Å². The predicted molar refractivity (Wildman–Crippen MR) is 133 cm³/mol. The molecule has 0 N–H and O–H groups in total. The van der Waals surface area contributed by atoms with E-state index >= 15 is 0 Å². The van der Waals surface area contributed by atoms with Crippen LogP contribution in [-0.2, 0) is 9.47 Å². The third-order valence-corrected chi connectivity index (χ3v) is 5.70. The van der Waals surface area contributed by atoms with Crippen molar-refractivity contribution in [3.05, 3.63) is 48.5 Å². The van der Waals surface area contributed by atoms with Gasteiger partial charge in [0.1, 0.15) is 26.4 Å². The zero-order chi connectivity index (χ0) is 23.8. The molecule has 1 heterocycles. The Kier molecular flexibility index (Phi) is 11.9. The first-order chi connectivity index (χ1) is 16.8. The largest absolute Gasteiger partial charge is 0.487 e. The highest BCUT2D eigenvalue weighted by atomic mass is 16.6. The van der Waals surface area contributed by atoms with E-state index in [9.17, 15) is 0 Å². The van der Waals surface area contributed by atoms with Crippen LogP contribution in [-0.4, -0.2) is 51.8 Å². The zero-order valence-electron chi connectivity index (χ0n) is 20.7. The molecule has 0 radical (unpaired) electrons. The standard InChI is InChI=1S/C28H40O6/c1-3-5-11-23-21-33-27-15-9-7-13-25(27)32-20-18-30-24(12-6-4-2)22-34-28-16-10-8-14-26(28)31-19-17-29-23/h7-10,13-16,23-24H,3-6,11-12,17-22H2,1-2H3. The molecule has 34 heavy (non-hydrogen) atoms. The van der Waals surface area contributed by atoms with Crippen LogP contribution in [0.4, 0.5) is 0 Å². The van der Waals surface area contributed by atoms with E-state index in [1.54, 1.807) is 0 Å². The summed E-state index contributed by atoms with van der Waals surface area (Å²) >= 11 is 0. The first-order valence-corrected chi connectivity index (χ1v) is 12.7. The first-order valence-electron chi connectivity index (χ1n) is 12.7. The molecule has 188 valence electrons. The van der Waals surface area contributed by atoms with Gasteiger partial charge < -0.3 is 28.4 Å².